The topological polar surface area (TPSA) is 115 Å². The van der Waals surface area contributed by atoms with Gasteiger partial charge in [-0.05, 0) is 30.7 Å². The van der Waals surface area contributed by atoms with Gasteiger partial charge in [0.05, 0.1) is 14.8 Å². The Morgan fingerprint density at radius 2 is 1.93 bits per heavy atom. The second-order valence-corrected chi connectivity index (χ2v) is 8.53. The van der Waals surface area contributed by atoms with Gasteiger partial charge in [-0.3, -0.25) is 14.8 Å². The van der Waals surface area contributed by atoms with Crippen LogP contribution in [-0.4, -0.2) is 22.7 Å². The van der Waals surface area contributed by atoms with Crippen molar-refractivity contribution in [3.05, 3.63) is 62.1 Å². The molecule has 3 rings (SSSR count). The summed E-state index contributed by atoms with van der Waals surface area (Å²) < 4.78 is 31.5. The molecule has 0 radical (unpaired) electrons. The van der Waals surface area contributed by atoms with Gasteiger partial charge in [-0.2, -0.15) is 9.36 Å². The summed E-state index contributed by atoms with van der Waals surface area (Å²) in [6.45, 7) is 1.59. The van der Waals surface area contributed by atoms with Gasteiger partial charge in [0.25, 0.3) is 15.7 Å². The SMILES string of the molecule is Cc1c(Cl)cccc1S(=O)(=O)Nc1nc(-c2cc([N+](=O)[O-])ccc2Cl)ns1. The average Bonchev–Trinajstić information content (AvgIpc) is 3.04. The highest BCUT2D eigenvalue weighted by molar-refractivity contribution is 7.93. The lowest BCUT2D eigenvalue weighted by Gasteiger charge is -2.08. The third-order valence-electron chi connectivity index (χ3n) is 3.56. The number of hydrogen-bond donors (Lipinski definition) is 1. The molecule has 0 saturated carbocycles. The smallest absolute Gasteiger partial charge is 0.258 e. The largest absolute Gasteiger partial charge is 0.270 e. The Morgan fingerprint density at radius 3 is 2.63 bits per heavy atom. The molecule has 0 unspecified atom stereocenters. The minimum atomic E-state index is -3.93. The minimum absolute atomic E-state index is 0.00746. The van der Waals surface area contributed by atoms with Crippen molar-refractivity contribution >= 4 is 55.6 Å². The number of non-ortho nitro benzene ring substituents is 1. The number of nitro benzene ring substituents is 1. The summed E-state index contributed by atoms with van der Waals surface area (Å²) in [5, 5.41) is 11.4. The number of aromatic nitrogens is 2. The molecule has 1 N–H and O–H groups in total. The molecule has 1 aromatic heterocycles. The molecule has 0 saturated heterocycles. The van der Waals surface area contributed by atoms with Crippen molar-refractivity contribution in [2.75, 3.05) is 4.72 Å². The van der Waals surface area contributed by atoms with Gasteiger partial charge in [0, 0.05) is 34.3 Å². The minimum Gasteiger partial charge on any atom is -0.258 e. The van der Waals surface area contributed by atoms with Crippen molar-refractivity contribution < 1.29 is 13.3 Å². The van der Waals surface area contributed by atoms with Gasteiger partial charge in [0.1, 0.15) is 0 Å². The fourth-order valence-electron chi connectivity index (χ4n) is 2.22. The number of anilines is 1. The molecule has 0 aliphatic carbocycles. The first-order chi connectivity index (χ1) is 12.7. The van der Waals surface area contributed by atoms with E-state index in [-0.39, 0.29) is 32.1 Å². The van der Waals surface area contributed by atoms with E-state index in [1.165, 1.54) is 30.3 Å². The van der Waals surface area contributed by atoms with Crippen molar-refractivity contribution in [1.82, 2.24) is 9.36 Å². The average molecular weight is 445 g/mol. The summed E-state index contributed by atoms with van der Waals surface area (Å²) in [6.07, 6.45) is 0. The van der Waals surface area contributed by atoms with Gasteiger partial charge in [-0.1, -0.05) is 29.3 Å². The van der Waals surface area contributed by atoms with Crippen LogP contribution in [0.4, 0.5) is 10.8 Å². The van der Waals surface area contributed by atoms with Gasteiger partial charge in [-0.15, -0.1) is 0 Å². The van der Waals surface area contributed by atoms with Crippen molar-refractivity contribution in [1.29, 1.82) is 0 Å². The summed E-state index contributed by atoms with van der Waals surface area (Å²) in [5.74, 6) is 0.0780. The molecule has 0 spiro atoms. The molecule has 140 valence electrons. The predicted octanol–water partition coefficient (Wildman–Crippen LogP) is 4.53. The summed E-state index contributed by atoms with van der Waals surface area (Å²) in [6, 6.07) is 8.37. The van der Waals surface area contributed by atoms with E-state index in [1.54, 1.807) is 13.0 Å². The van der Waals surface area contributed by atoms with E-state index in [4.69, 9.17) is 23.2 Å². The van der Waals surface area contributed by atoms with Gasteiger partial charge < -0.3 is 0 Å². The number of nitrogens with zero attached hydrogens (tertiary/aromatic N) is 3. The third-order valence-corrected chi connectivity index (χ3v) is 6.54. The van der Waals surface area contributed by atoms with E-state index in [1.807, 2.05) is 0 Å². The quantitative estimate of drug-likeness (QED) is 0.456. The Bertz CT molecular complexity index is 1150. The van der Waals surface area contributed by atoms with Crippen molar-refractivity contribution in [2.24, 2.45) is 0 Å². The molecule has 0 aliphatic heterocycles. The molecule has 3 aromatic rings. The van der Waals surface area contributed by atoms with Crippen LogP contribution >= 0.6 is 34.7 Å². The zero-order chi connectivity index (χ0) is 19.8. The zero-order valence-corrected chi connectivity index (χ0v) is 16.7. The van der Waals surface area contributed by atoms with E-state index < -0.39 is 14.9 Å². The highest BCUT2D eigenvalue weighted by Gasteiger charge is 2.21. The van der Waals surface area contributed by atoms with Crippen molar-refractivity contribution in [3.63, 3.8) is 0 Å². The molecular weight excluding hydrogens is 435 g/mol. The second-order valence-electron chi connectivity index (χ2n) is 5.31. The Kier molecular flexibility index (Phi) is 5.33. The zero-order valence-electron chi connectivity index (χ0n) is 13.5. The first-order valence-electron chi connectivity index (χ1n) is 7.25. The lowest BCUT2D eigenvalue weighted by molar-refractivity contribution is -0.384. The van der Waals surface area contributed by atoms with Crippen LogP contribution in [0.1, 0.15) is 5.56 Å². The number of benzene rings is 2. The van der Waals surface area contributed by atoms with Crippen LogP contribution in [0.5, 0.6) is 0 Å². The second kappa shape index (κ2) is 7.39. The third kappa shape index (κ3) is 4.03. The number of sulfonamides is 1. The molecule has 27 heavy (non-hydrogen) atoms. The first kappa shape index (κ1) is 19.5. The summed E-state index contributed by atoms with van der Waals surface area (Å²) in [4.78, 5) is 14.5. The maximum Gasteiger partial charge on any atom is 0.270 e. The lowest BCUT2D eigenvalue weighted by Crippen LogP contribution is -2.14. The Hall–Kier alpha value is -2.27. The molecule has 0 atom stereocenters. The van der Waals surface area contributed by atoms with Crippen LogP contribution in [0.15, 0.2) is 41.3 Å². The van der Waals surface area contributed by atoms with Crippen LogP contribution < -0.4 is 4.72 Å². The number of rotatable bonds is 5. The van der Waals surface area contributed by atoms with Gasteiger partial charge in [-0.25, -0.2) is 8.42 Å². The fraction of sp³-hybridized carbons (Fsp3) is 0.0667. The first-order valence-corrected chi connectivity index (χ1v) is 10.3. The highest BCUT2D eigenvalue weighted by atomic mass is 35.5. The van der Waals surface area contributed by atoms with E-state index >= 15 is 0 Å². The van der Waals surface area contributed by atoms with Crippen LogP contribution in [0, 0.1) is 17.0 Å². The summed E-state index contributed by atoms with van der Waals surface area (Å²) >= 11 is 12.8. The normalized spacial score (nSPS) is 11.4. The Balaban J connectivity index is 1.94. The van der Waals surface area contributed by atoms with E-state index in [2.05, 4.69) is 14.1 Å². The lowest BCUT2D eigenvalue weighted by atomic mass is 10.2. The number of hydrogen-bond acceptors (Lipinski definition) is 7. The monoisotopic (exact) mass is 444 g/mol. The molecule has 0 bridgehead atoms. The molecule has 8 nitrogen and oxygen atoms in total. The van der Waals surface area contributed by atoms with E-state index in [9.17, 15) is 18.5 Å². The molecular formula is C15H10Cl2N4O4S2. The van der Waals surface area contributed by atoms with Gasteiger partial charge in [0.15, 0.2) is 5.82 Å². The number of halogens is 2. The van der Waals surface area contributed by atoms with Gasteiger partial charge in [0.2, 0.25) is 5.13 Å². The molecule has 0 aliphatic rings. The summed E-state index contributed by atoms with van der Waals surface area (Å²) in [7, 11) is -3.93. The van der Waals surface area contributed by atoms with Gasteiger partial charge >= 0.3 is 0 Å². The van der Waals surface area contributed by atoms with E-state index in [0.29, 0.717) is 10.6 Å². The molecule has 1 heterocycles. The number of nitro groups is 1. The molecule has 2 aromatic carbocycles. The maximum absolute atomic E-state index is 12.6. The Labute approximate surface area is 168 Å². The predicted molar refractivity (Wildman–Crippen MR) is 104 cm³/mol. The molecule has 0 amide bonds. The highest BCUT2D eigenvalue weighted by Crippen LogP contribution is 2.32. The van der Waals surface area contributed by atoms with E-state index in [0.717, 1.165) is 11.5 Å². The van der Waals surface area contributed by atoms with Crippen LogP contribution in [0.25, 0.3) is 11.4 Å². The van der Waals surface area contributed by atoms with Crippen molar-refractivity contribution in [3.8, 4) is 11.4 Å². The maximum atomic E-state index is 12.6. The fourth-order valence-corrected chi connectivity index (χ4v) is 4.73. The summed E-state index contributed by atoms with van der Waals surface area (Å²) in [5.41, 5.74) is 0.450. The van der Waals surface area contributed by atoms with Crippen LogP contribution in [-0.2, 0) is 10.0 Å². The Morgan fingerprint density at radius 1 is 1.19 bits per heavy atom. The van der Waals surface area contributed by atoms with Crippen LogP contribution in [0.2, 0.25) is 10.0 Å². The number of nitrogens with one attached hydrogen (secondary N) is 1. The van der Waals surface area contributed by atoms with Crippen LogP contribution in [0.3, 0.4) is 0 Å². The molecule has 12 heteroatoms. The standard InChI is InChI=1S/C15H10Cl2N4O4S2/c1-8-11(16)3-2-4-13(8)27(24,25)20-15-18-14(19-26-15)10-7-9(21(22)23)5-6-12(10)17/h2-7H,1H3,(H,18,19,20). The van der Waals surface area contributed by atoms with Crippen molar-refractivity contribution in [2.45, 2.75) is 11.8 Å². The molecule has 0 fully saturated rings.